The molecule has 0 aliphatic carbocycles. The Kier molecular flexibility index (Phi) is 3.99. The van der Waals surface area contributed by atoms with Gasteiger partial charge in [-0.15, -0.1) is 0 Å². The molecule has 1 amide bonds. The second-order valence-electron chi connectivity index (χ2n) is 4.00. The van der Waals surface area contributed by atoms with Crippen molar-refractivity contribution in [2.24, 2.45) is 0 Å². The lowest BCUT2D eigenvalue weighted by molar-refractivity contribution is -0.139. The first-order chi connectivity index (χ1) is 9.56. The van der Waals surface area contributed by atoms with Crippen molar-refractivity contribution in [2.45, 2.75) is 6.92 Å². The van der Waals surface area contributed by atoms with Crippen molar-refractivity contribution in [3.8, 4) is 5.75 Å². The Bertz CT molecular complexity index is 618. The standard InChI is InChI=1S/C13H12N2O5/c1-8-6-14-20-12(8)13(18)15-9-2-4-10(5-3-9)19-7-11(16)17/h2-6H,7H2,1H3,(H,15,18)(H,16,17). The molecule has 7 heteroatoms. The predicted molar refractivity (Wildman–Crippen MR) is 68.8 cm³/mol. The van der Waals surface area contributed by atoms with Crippen molar-refractivity contribution < 1.29 is 24.0 Å². The molecule has 1 aromatic carbocycles. The zero-order chi connectivity index (χ0) is 14.5. The molecule has 0 radical (unpaired) electrons. The number of benzene rings is 1. The van der Waals surface area contributed by atoms with Gasteiger partial charge in [-0.25, -0.2) is 4.79 Å². The van der Waals surface area contributed by atoms with Gasteiger partial charge in [-0.1, -0.05) is 5.16 Å². The average Bonchev–Trinajstić information content (AvgIpc) is 2.84. The summed E-state index contributed by atoms with van der Waals surface area (Å²) in [6, 6.07) is 6.32. The quantitative estimate of drug-likeness (QED) is 0.861. The molecule has 1 aromatic heterocycles. The van der Waals surface area contributed by atoms with Crippen LogP contribution in [0.2, 0.25) is 0 Å². The lowest BCUT2D eigenvalue weighted by atomic mass is 10.2. The van der Waals surface area contributed by atoms with Crippen LogP contribution in [0.25, 0.3) is 0 Å². The molecular weight excluding hydrogens is 264 g/mol. The summed E-state index contributed by atoms with van der Waals surface area (Å²) in [6.45, 7) is 1.30. The highest BCUT2D eigenvalue weighted by Crippen LogP contribution is 2.17. The summed E-state index contributed by atoms with van der Waals surface area (Å²) in [5, 5.41) is 14.6. The number of rotatable bonds is 5. The van der Waals surface area contributed by atoms with E-state index >= 15 is 0 Å². The average molecular weight is 276 g/mol. The van der Waals surface area contributed by atoms with Crippen LogP contribution in [0.3, 0.4) is 0 Å². The van der Waals surface area contributed by atoms with E-state index < -0.39 is 18.5 Å². The van der Waals surface area contributed by atoms with Gasteiger partial charge < -0.3 is 19.7 Å². The Labute approximate surface area is 114 Å². The Hall–Kier alpha value is -2.83. The number of carbonyl (C=O) groups excluding carboxylic acids is 1. The third kappa shape index (κ3) is 3.35. The molecule has 1 heterocycles. The maximum Gasteiger partial charge on any atom is 0.341 e. The molecular formula is C13H12N2O5. The number of hydrogen-bond donors (Lipinski definition) is 2. The van der Waals surface area contributed by atoms with E-state index in [4.69, 9.17) is 14.4 Å². The number of carboxylic acids is 1. The van der Waals surface area contributed by atoms with Crippen molar-refractivity contribution >= 4 is 17.6 Å². The largest absolute Gasteiger partial charge is 0.482 e. The topological polar surface area (TPSA) is 102 Å². The van der Waals surface area contributed by atoms with E-state index in [1.165, 1.54) is 6.20 Å². The van der Waals surface area contributed by atoms with Crippen LogP contribution in [-0.2, 0) is 4.79 Å². The molecule has 20 heavy (non-hydrogen) atoms. The fourth-order valence-corrected chi connectivity index (χ4v) is 1.48. The first-order valence-electron chi connectivity index (χ1n) is 5.73. The summed E-state index contributed by atoms with van der Waals surface area (Å²) in [6.07, 6.45) is 1.46. The monoisotopic (exact) mass is 276 g/mol. The molecule has 0 saturated carbocycles. The Morgan fingerprint density at radius 1 is 1.35 bits per heavy atom. The van der Waals surface area contributed by atoms with Crippen molar-refractivity contribution in [2.75, 3.05) is 11.9 Å². The number of aliphatic carboxylic acids is 1. The molecule has 0 bridgehead atoms. The lowest BCUT2D eigenvalue weighted by Gasteiger charge is -2.06. The minimum Gasteiger partial charge on any atom is -0.482 e. The molecule has 0 fully saturated rings. The number of hydrogen-bond acceptors (Lipinski definition) is 5. The third-order valence-electron chi connectivity index (χ3n) is 2.43. The predicted octanol–water partition coefficient (Wildman–Crippen LogP) is 1.70. The summed E-state index contributed by atoms with van der Waals surface area (Å²) in [4.78, 5) is 22.2. The SMILES string of the molecule is Cc1cnoc1C(=O)Nc1ccc(OCC(=O)O)cc1. The number of aryl methyl sites for hydroxylation is 1. The van der Waals surface area contributed by atoms with Crippen molar-refractivity contribution in [1.82, 2.24) is 5.16 Å². The second-order valence-corrected chi connectivity index (χ2v) is 4.00. The van der Waals surface area contributed by atoms with Gasteiger partial charge in [0.15, 0.2) is 6.61 Å². The van der Waals surface area contributed by atoms with E-state index in [2.05, 4.69) is 10.5 Å². The van der Waals surface area contributed by atoms with Crippen LogP contribution in [0.5, 0.6) is 5.75 Å². The molecule has 0 spiro atoms. The Morgan fingerprint density at radius 2 is 2.05 bits per heavy atom. The van der Waals surface area contributed by atoms with Crippen molar-refractivity contribution in [1.29, 1.82) is 0 Å². The van der Waals surface area contributed by atoms with E-state index in [0.29, 0.717) is 17.0 Å². The summed E-state index contributed by atoms with van der Waals surface area (Å²) < 4.78 is 9.81. The van der Waals surface area contributed by atoms with E-state index in [0.717, 1.165) is 0 Å². The second kappa shape index (κ2) is 5.87. The summed E-state index contributed by atoms with van der Waals surface area (Å²) in [7, 11) is 0. The molecule has 0 unspecified atom stereocenters. The van der Waals surface area contributed by atoms with Crippen molar-refractivity contribution in [3.63, 3.8) is 0 Å². The maximum absolute atomic E-state index is 11.8. The summed E-state index contributed by atoms with van der Waals surface area (Å²) in [5.74, 6) is -0.903. The van der Waals surface area contributed by atoms with Gasteiger partial charge in [0.1, 0.15) is 5.75 Å². The molecule has 2 N–H and O–H groups in total. The third-order valence-corrected chi connectivity index (χ3v) is 2.43. The van der Waals surface area contributed by atoms with Crippen molar-refractivity contribution in [3.05, 3.63) is 41.8 Å². The number of nitrogens with one attached hydrogen (secondary N) is 1. The number of amides is 1. The minimum atomic E-state index is -1.05. The molecule has 0 atom stereocenters. The summed E-state index contributed by atoms with van der Waals surface area (Å²) >= 11 is 0. The highest BCUT2D eigenvalue weighted by atomic mass is 16.5. The van der Waals surface area contributed by atoms with Gasteiger partial charge in [-0.05, 0) is 31.2 Å². The van der Waals surface area contributed by atoms with Crippen LogP contribution < -0.4 is 10.1 Å². The molecule has 2 aromatic rings. The Balaban J connectivity index is 1.99. The fraction of sp³-hybridized carbons (Fsp3) is 0.154. The zero-order valence-corrected chi connectivity index (χ0v) is 10.6. The van der Waals surface area contributed by atoms with Crippen LogP contribution in [0.4, 0.5) is 5.69 Å². The van der Waals surface area contributed by atoms with Gasteiger partial charge in [-0.3, -0.25) is 4.79 Å². The van der Waals surface area contributed by atoms with Gasteiger partial charge in [-0.2, -0.15) is 0 Å². The van der Waals surface area contributed by atoms with Gasteiger partial charge in [0.2, 0.25) is 5.76 Å². The molecule has 0 aliphatic rings. The molecule has 0 saturated heterocycles. The van der Waals surface area contributed by atoms with Gasteiger partial charge in [0.25, 0.3) is 5.91 Å². The number of carboxylic acid groups (broad SMARTS) is 1. The van der Waals surface area contributed by atoms with Crippen LogP contribution in [0.1, 0.15) is 16.1 Å². The van der Waals surface area contributed by atoms with Gasteiger partial charge in [0.05, 0.1) is 6.20 Å². The van der Waals surface area contributed by atoms with Gasteiger partial charge >= 0.3 is 5.97 Å². The highest BCUT2D eigenvalue weighted by molar-refractivity contribution is 6.03. The molecule has 2 rings (SSSR count). The fourth-order valence-electron chi connectivity index (χ4n) is 1.48. The lowest BCUT2D eigenvalue weighted by Crippen LogP contribution is -2.12. The number of nitrogens with zero attached hydrogens (tertiary/aromatic N) is 1. The normalized spacial score (nSPS) is 10.1. The Morgan fingerprint density at radius 3 is 2.60 bits per heavy atom. The number of carbonyl (C=O) groups is 2. The maximum atomic E-state index is 11.8. The van der Waals surface area contributed by atoms with Crippen LogP contribution in [-0.4, -0.2) is 28.7 Å². The van der Waals surface area contributed by atoms with Crippen LogP contribution in [0.15, 0.2) is 35.0 Å². The van der Waals surface area contributed by atoms with E-state index in [1.807, 2.05) is 0 Å². The smallest absolute Gasteiger partial charge is 0.341 e. The number of aromatic nitrogens is 1. The zero-order valence-electron chi connectivity index (χ0n) is 10.6. The molecule has 104 valence electrons. The van der Waals surface area contributed by atoms with E-state index in [9.17, 15) is 9.59 Å². The van der Waals surface area contributed by atoms with Crippen LogP contribution >= 0.6 is 0 Å². The van der Waals surface area contributed by atoms with E-state index in [1.54, 1.807) is 31.2 Å². The minimum absolute atomic E-state index is 0.149. The highest BCUT2D eigenvalue weighted by Gasteiger charge is 2.14. The van der Waals surface area contributed by atoms with E-state index in [-0.39, 0.29) is 5.76 Å². The summed E-state index contributed by atoms with van der Waals surface area (Å²) in [5.41, 5.74) is 1.18. The first-order valence-corrected chi connectivity index (χ1v) is 5.73. The number of ether oxygens (including phenoxy) is 1. The molecule has 0 aliphatic heterocycles. The molecule has 7 nitrogen and oxygen atoms in total. The first kappa shape index (κ1) is 13.6. The van der Waals surface area contributed by atoms with Gasteiger partial charge in [0, 0.05) is 11.3 Å². The van der Waals surface area contributed by atoms with Crippen LogP contribution in [0, 0.1) is 6.92 Å². The number of anilines is 1.